The molecule has 0 spiro atoms. The molecule has 2 aliphatic carbocycles. The Balaban J connectivity index is 0.887. The van der Waals surface area contributed by atoms with E-state index in [1.165, 1.54) is 36.2 Å². The number of ether oxygens (including phenoxy) is 1. The molecule has 11 nitrogen and oxygen atoms in total. The molecule has 8 N–H and O–H groups in total. The van der Waals surface area contributed by atoms with Gasteiger partial charge >= 0.3 is 0 Å². The van der Waals surface area contributed by atoms with Crippen molar-refractivity contribution < 1.29 is 14.9 Å². The number of fused-ring (bicyclic) bond motifs is 2. The third kappa shape index (κ3) is 4.91. The van der Waals surface area contributed by atoms with Gasteiger partial charge in [-0.3, -0.25) is 10.3 Å². The van der Waals surface area contributed by atoms with Crippen LogP contribution in [-0.4, -0.2) is 101 Å². The summed E-state index contributed by atoms with van der Waals surface area (Å²) in [5.41, 5.74) is 10.0. The molecule has 0 radical (unpaired) electrons. The molecule has 4 fully saturated rings. The van der Waals surface area contributed by atoms with Crippen molar-refractivity contribution in [3.05, 3.63) is 23.8 Å². The summed E-state index contributed by atoms with van der Waals surface area (Å²) >= 11 is 0. The number of nitrogens with one attached hydrogen (secondary N) is 4. The predicted octanol–water partition coefficient (Wildman–Crippen LogP) is 1.55. The molecule has 5 unspecified atom stereocenters. The van der Waals surface area contributed by atoms with Gasteiger partial charge in [-0.15, -0.1) is 0 Å². The number of nitrogens with zero attached hydrogens (tertiary/aromatic N) is 3. The van der Waals surface area contributed by atoms with E-state index in [4.69, 9.17) is 15.5 Å². The smallest absolute Gasteiger partial charge is 0.142 e. The number of hydrogen-bond donors (Lipinski definition) is 7. The second-order valence-corrected chi connectivity index (χ2v) is 13.9. The van der Waals surface area contributed by atoms with Crippen LogP contribution in [0.2, 0.25) is 0 Å². The molecule has 4 aliphatic heterocycles. The van der Waals surface area contributed by atoms with Gasteiger partial charge in [-0.2, -0.15) is 0 Å². The van der Waals surface area contributed by atoms with Crippen molar-refractivity contribution in [1.29, 1.82) is 0 Å². The zero-order valence-electron chi connectivity index (χ0n) is 25.2. The summed E-state index contributed by atoms with van der Waals surface area (Å²) in [7, 11) is 2.12. The molecule has 2 saturated carbocycles. The third-order valence-electron chi connectivity index (χ3n) is 11.3. The molecule has 9 atom stereocenters. The van der Waals surface area contributed by atoms with Crippen LogP contribution in [-0.2, 0) is 4.74 Å². The van der Waals surface area contributed by atoms with Crippen molar-refractivity contribution in [2.45, 2.75) is 119 Å². The van der Waals surface area contributed by atoms with Crippen LogP contribution in [0.3, 0.4) is 0 Å². The molecular formula is C31H50N8O3. The van der Waals surface area contributed by atoms with Crippen molar-refractivity contribution >= 4 is 17.7 Å². The van der Waals surface area contributed by atoms with Gasteiger partial charge in [0.15, 0.2) is 0 Å². The summed E-state index contributed by atoms with van der Waals surface area (Å²) in [6.07, 6.45) is 6.54. The van der Waals surface area contributed by atoms with E-state index in [1.54, 1.807) is 6.34 Å². The van der Waals surface area contributed by atoms with Crippen molar-refractivity contribution in [2.24, 2.45) is 22.6 Å². The molecule has 4 heterocycles. The lowest BCUT2D eigenvalue weighted by molar-refractivity contribution is -0.107. The average Bonchev–Trinajstić information content (AvgIpc) is 3.53. The summed E-state index contributed by atoms with van der Waals surface area (Å²) in [5.74, 6) is 1.74. The van der Waals surface area contributed by atoms with Crippen LogP contribution in [0.25, 0.3) is 0 Å². The van der Waals surface area contributed by atoms with Crippen molar-refractivity contribution in [3.63, 3.8) is 0 Å². The van der Waals surface area contributed by atoms with Gasteiger partial charge in [0, 0.05) is 12.6 Å². The normalized spacial score (nSPS) is 41.5. The molecule has 6 aliphatic rings. The third-order valence-corrected chi connectivity index (χ3v) is 11.3. The van der Waals surface area contributed by atoms with Gasteiger partial charge in [-0.05, 0) is 81.0 Å². The first-order valence-corrected chi connectivity index (χ1v) is 16.2. The molecule has 11 heteroatoms. The number of aliphatic imine (C=N–C) groups is 1. The molecule has 42 heavy (non-hydrogen) atoms. The van der Waals surface area contributed by atoms with Crippen molar-refractivity contribution in [3.8, 4) is 0 Å². The molecule has 0 amide bonds. The monoisotopic (exact) mass is 582 g/mol. The van der Waals surface area contributed by atoms with E-state index in [1.807, 2.05) is 4.90 Å². The molecular weight excluding hydrogens is 532 g/mol. The highest BCUT2D eigenvalue weighted by atomic mass is 16.6. The highest BCUT2D eigenvalue weighted by Gasteiger charge is 2.60. The lowest BCUT2D eigenvalue weighted by atomic mass is 9.76. The Labute approximate surface area is 249 Å². The number of benzene rings is 1. The van der Waals surface area contributed by atoms with Gasteiger partial charge in [-0.25, -0.2) is 4.90 Å². The summed E-state index contributed by atoms with van der Waals surface area (Å²) < 4.78 is 6.39. The SMILES string of the molecule is CCC(C)C12NCN([C@@H]3O[C@H](CN(C)[C@H]4C[C@@H](CCC5Nc6ccc(C7CC7)cc6N5)C4)[C@@H](O)[C@H]3O)C1N=CNC2N. The van der Waals surface area contributed by atoms with Crippen molar-refractivity contribution in [2.75, 3.05) is 30.9 Å². The van der Waals surface area contributed by atoms with Crippen LogP contribution in [0.15, 0.2) is 23.2 Å². The fourth-order valence-corrected chi connectivity index (χ4v) is 8.11. The lowest BCUT2D eigenvalue weighted by Crippen LogP contribution is -2.71. The Morgan fingerprint density at radius 3 is 2.71 bits per heavy atom. The Kier molecular flexibility index (Phi) is 7.65. The Morgan fingerprint density at radius 2 is 1.95 bits per heavy atom. The van der Waals surface area contributed by atoms with Crippen LogP contribution in [0.1, 0.15) is 70.3 Å². The first-order valence-electron chi connectivity index (χ1n) is 16.2. The van der Waals surface area contributed by atoms with Crippen LogP contribution >= 0.6 is 0 Å². The molecule has 7 rings (SSSR count). The molecule has 232 valence electrons. The van der Waals surface area contributed by atoms with Crippen LogP contribution in [0.4, 0.5) is 11.4 Å². The highest BCUT2D eigenvalue weighted by Crippen LogP contribution is 2.44. The second kappa shape index (κ2) is 11.2. The van der Waals surface area contributed by atoms with Gasteiger partial charge < -0.3 is 41.5 Å². The minimum atomic E-state index is -1.01. The van der Waals surface area contributed by atoms with E-state index in [9.17, 15) is 10.2 Å². The average molecular weight is 583 g/mol. The van der Waals surface area contributed by atoms with E-state index >= 15 is 0 Å². The van der Waals surface area contributed by atoms with Gasteiger partial charge in [0.25, 0.3) is 0 Å². The second-order valence-electron chi connectivity index (χ2n) is 13.9. The topological polar surface area (TPSA) is 143 Å². The fourth-order valence-electron chi connectivity index (χ4n) is 8.11. The minimum Gasteiger partial charge on any atom is -0.387 e. The van der Waals surface area contributed by atoms with E-state index < -0.39 is 30.1 Å². The van der Waals surface area contributed by atoms with E-state index in [2.05, 4.69) is 65.3 Å². The van der Waals surface area contributed by atoms with E-state index in [0.29, 0.717) is 31.3 Å². The zero-order chi connectivity index (χ0) is 29.2. The number of anilines is 2. The number of likely N-dealkylation sites (N-methyl/N-ethyl adjacent to an activating group) is 1. The number of aliphatic hydroxyl groups is 2. The summed E-state index contributed by atoms with van der Waals surface area (Å²) in [6.45, 7) is 5.41. The van der Waals surface area contributed by atoms with Gasteiger partial charge in [0.2, 0.25) is 0 Å². The van der Waals surface area contributed by atoms with Crippen LogP contribution < -0.4 is 27.0 Å². The number of rotatable bonds is 10. The van der Waals surface area contributed by atoms with E-state index in [0.717, 1.165) is 31.6 Å². The standard InChI is InChI=1S/C31H50N8O3/c1-4-17(2)31-29(32)33-15-34-30(31)39(16-35-31)28-27(41)26(40)24(42-28)14-38(3)21-11-18(12-21)5-10-25-36-22-9-8-20(19-6-7-19)13-23(22)37-25/h8-9,13,15,17-19,21,24-30,35-37,40-41H,4-7,10-12,14,16,32H2,1-3H3,(H,33,34)/t17?,18-,21+,24-,25?,26-,27-,28-,29?,30?,31?/m1/s1. The van der Waals surface area contributed by atoms with Crippen molar-refractivity contribution in [1.82, 2.24) is 20.4 Å². The first kappa shape index (κ1) is 28.8. The zero-order valence-corrected chi connectivity index (χ0v) is 25.2. The maximum atomic E-state index is 11.1. The van der Waals surface area contributed by atoms with E-state index in [-0.39, 0.29) is 18.2 Å². The van der Waals surface area contributed by atoms with Gasteiger partial charge in [0.1, 0.15) is 30.7 Å². The Bertz CT molecular complexity index is 1160. The maximum absolute atomic E-state index is 11.1. The fraction of sp³-hybridized carbons (Fsp3) is 0.774. The quantitative estimate of drug-likeness (QED) is 0.217. The summed E-state index contributed by atoms with van der Waals surface area (Å²) in [6, 6.07) is 7.34. The number of nitrogens with two attached hydrogens (primary N) is 1. The van der Waals surface area contributed by atoms with Gasteiger partial charge in [0.05, 0.1) is 42.3 Å². The molecule has 1 aromatic carbocycles. The molecule has 0 bridgehead atoms. The Morgan fingerprint density at radius 1 is 1.17 bits per heavy atom. The molecule has 0 aromatic heterocycles. The van der Waals surface area contributed by atoms with Crippen LogP contribution in [0, 0.1) is 11.8 Å². The largest absolute Gasteiger partial charge is 0.387 e. The molecule has 2 saturated heterocycles. The first-order chi connectivity index (χ1) is 20.3. The highest BCUT2D eigenvalue weighted by molar-refractivity contribution is 5.75. The number of aliphatic hydroxyl groups excluding tert-OH is 2. The minimum absolute atomic E-state index is 0.250. The van der Waals surface area contributed by atoms with Gasteiger partial charge in [-0.1, -0.05) is 26.3 Å². The lowest BCUT2D eigenvalue weighted by Gasteiger charge is -2.46. The molecule has 1 aromatic rings. The Hall–Kier alpha value is -1.99. The van der Waals surface area contributed by atoms with Crippen LogP contribution in [0.5, 0.6) is 0 Å². The summed E-state index contributed by atoms with van der Waals surface area (Å²) in [4.78, 5) is 9.08. The maximum Gasteiger partial charge on any atom is 0.142 e. The predicted molar refractivity (Wildman–Crippen MR) is 164 cm³/mol. The number of hydrogen-bond acceptors (Lipinski definition) is 11. The summed E-state index contributed by atoms with van der Waals surface area (Å²) in [5, 5.41) is 36.3.